The third-order valence-electron chi connectivity index (χ3n) is 3.18. The van der Waals surface area contributed by atoms with Crippen LogP contribution in [-0.2, 0) is 9.53 Å². The molecule has 19 heavy (non-hydrogen) atoms. The molecule has 5 heteroatoms. The SMILES string of the molecule is N#Cc1ccccc1N1CCOC(CCC(=O)O)C1. The molecule has 5 nitrogen and oxygen atoms in total. The van der Waals surface area contributed by atoms with Crippen LogP contribution < -0.4 is 4.90 Å². The van der Waals surface area contributed by atoms with Crippen LogP contribution in [0.4, 0.5) is 5.69 Å². The van der Waals surface area contributed by atoms with Crippen molar-refractivity contribution >= 4 is 11.7 Å². The first-order valence-electron chi connectivity index (χ1n) is 6.28. The molecule has 0 amide bonds. The summed E-state index contributed by atoms with van der Waals surface area (Å²) in [4.78, 5) is 12.7. The lowest BCUT2D eigenvalue weighted by Gasteiger charge is -2.34. The zero-order valence-electron chi connectivity index (χ0n) is 10.6. The highest BCUT2D eigenvalue weighted by Gasteiger charge is 2.22. The molecule has 0 spiro atoms. The zero-order chi connectivity index (χ0) is 13.7. The molecule has 0 radical (unpaired) electrons. The minimum absolute atomic E-state index is 0.0865. The molecule has 0 aromatic heterocycles. The first-order chi connectivity index (χ1) is 9.20. The molecule has 1 unspecified atom stereocenters. The molecule has 1 aromatic carbocycles. The van der Waals surface area contributed by atoms with E-state index in [0.717, 1.165) is 12.2 Å². The first-order valence-corrected chi connectivity index (χ1v) is 6.28. The van der Waals surface area contributed by atoms with Crippen molar-refractivity contribution in [3.63, 3.8) is 0 Å². The van der Waals surface area contributed by atoms with Crippen LogP contribution in [0.15, 0.2) is 24.3 Å². The molecule has 1 saturated heterocycles. The van der Waals surface area contributed by atoms with Gasteiger partial charge in [0.25, 0.3) is 0 Å². The number of rotatable bonds is 4. The normalized spacial score (nSPS) is 18.9. The Bertz CT molecular complexity index is 496. The number of morpholine rings is 1. The Hall–Kier alpha value is -2.06. The highest BCUT2D eigenvalue weighted by molar-refractivity contribution is 5.66. The van der Waals surface area contributed by atoms with Crippen LogP contribution in [0.5, 0.6) is 0 Å². The number of ether oxygens (including phenoxy) is 1. The van der Waals surface area contributed by atoms with E-state index in [-0.39, 0.29) is 12.5 Å². The molecule has 0 bridgehead atoms. The largest absolute Gasteiger partial charge is 0.481 e. The van der Waals surface area contributed by atoms with E-state index < -0.39 is 5.97 Å². The number of carbonyl (C=O) groups is 1. The quantitative estimate of drug-likeness (QED) is 0.890. The summed E-state index contributed by atoms with van der Waals surface area (Å²) < 4.78 is 5.57. The lowest BCUT2D eigenvalue weighted by molar-refractivity contribution is -0.137. The summed E-state index contributed by atoms with van der Waals surface area (Å²) in [5.74, 6) is -0.807. The Labute approximate surface area is 112 Å². The first kappa shape index (κ1) is 13.4. The van der Waals surface area contributed by atoms with E-state index in [1.165, 1.54) is 0 Å². The standard InChI is InChI=1S/C14H16N2O3/c15-9-11-3-1-2-4-13(11)16-7-8-19-12(10-16)5-6-14(17)18/h1-4,12H,5-8,10H2,(H,17,18). The van der Waals surface area contributed by atoms with Gasteiger partial charge in [0, 0.05) is 19.5 Å². The van der Waals surface area contributed by atoms with Crippen molar-refractivity contribution in [1.29, 1.82) is 5.26 Å². The van der Waals surface area contributed by atoms with Gasteiger partial charge in [0.05, 0.1) is 24.0 Å². The molecule has 0 aliphatic carbocycles. The van der Waals surface area contributed by atoms with Crippen LogP contribution in [0.2, 0.25) is 0 Å². The molecule has 0 saturated carbocycles. The van der Waals surface area contributed by atoms with Crippen LogP contribution in [-0.4, -0.2) is 36.9 Å². The minimum Gasteiger partial charge on any atom is -0.481 e. The molecule has 1 aliphatic heterocycles. The number of para-hydroxylation sites is 1. The van der Waals surface area contributed by atoms with Crippen LogP contribution >= 0.6 is 0 Å². The van der Waals surface area contributed by atoms with Gasteiger partial charge in [-0.2, -0.15) is 5.26 Å². The Kier molecular flexibility index (Phi) is 4.37. The number of aliphatic carboxylic acids is 1. The molecule has 1 N–H and O–H groups in total. The maximum Gasteiger partial charge on any atom is 0.303 e. The molecule has 1 aliphatic rings. The number of hydrogen-bond acceptors (Lipinski definition) is 4. The van der Waals surface area contributed by atoms with E-state index in [0.29, 0.717) is 25.1 Å². The van der Waals surface area contributed by atoms with Crippen molar-refractivity contribution < 1.29 is 14.6 Å². The van der Waals surface area contributed by atoms with Gasteiger partial charge in [-0.05, 0) is 18.6 Å². The average Bonchev–Trinajstić information content (AvgIpc) is 2.45. The van der Waals surface area contributed by atoms with Crippen LogP contribution in [0.3, 0.4) is 0 Å². The van der Waals surface area contributed by atoms with Gasteiger partial charge in [0.1, 0.15) is 6.07 Å². The van der Waals surface area contributed by atoms with Gasteiger partial charge < -0.3 is 14.7 Å². The van der Waals surface area contributed by atoms with Crippen molar-refractivity contribution in [2.45, 2.75) is 18.9 Å². The third-order valence-corrected chi connectivity index (χ3v) is 3.18. The van der Waals surface area contributed by atoms with Gasteiger partial charge >= 0.3 is 5.97 Å². The lowest BCUT2D eigenvalue weighted by atomic mass is 10.1. The number of hydrogen-bond donors (Lipinski definition) is 1. The second kappa shape index (κ2) is 6.21. The van der Waals surface area contributed by atoms with E-state index in [9.17, 15) is 4.79 Å². The van der Waals surface area contributed by atoms with Crippen molar-refractivity contribution in [2.75, 3.05) is 24.6 Å². The summed E-state index contributed by atoms with van der Waals surface area (Å²) >= 11 is 0. The van der Waals surface area contributed by atoms with E-state index in [1.807, 2.05) is 18.2 Å². The maximum atomic E-state index is 10.6. The van der Waals surface area contributed by atoms with Gasteiger partial charge in [0.15, 0.2) is 0 Å². The van der Waals surface area contributed by atoms with Gasteiger partial charge in [-0.25, -0.2) is 0 Å². The van der Waals surface area contributed by atoms with Crippen molar-refractivity contribution in [3.8, 4) is 6.07 Å². The molecule has 2 rings (SSSR count). The molecule has 1 heterocycles. The van der Waals surface area contributed by atoms with Crippen molar-refractivity contribution in [3.05, 3.63) is 29.8 Å². The number of nitriles is 1. The monoisotopic (exact) mass is 260 g/mol. The second-order valence-electron chi connectivity index (χ2n) is 4.50. The molecule has 100 valence electrons. The second-order valence-corrected chi connectivity index (χ2v) is 4.50. The van der Waals surface area contributed by atoms with E-state index in [1.54, 1.807) is 6.07 Å². The summed E-state index contributed by atoms with van der Waals surface area (Å²) in [6, 6.07) is 9.62. The number of carboxylic acids is 1. The fourth-order valence-corrected chi connectivity index (χ4v) is 2.24. The molecule has 1 atom stereocenters. The predicted molar refractivity (Wildman–Crippen MR) is 70.0 cm³/mol. The summed E-state index contributed by atoms with van der Waals surface area (Å²) in [5.41, 5.74) is 1.54. The lowest BCUT2D eigenvalue weighted by Crippen LogP contribution is -2.43. The summed E-state index contributed by atoms with van der Waals surface area (Å²) in [7, 11) is 0. The minimum atomic E-state index is -0.807. The Balaban J connectivity index is 2.04. The molecule has 1 aromatic rings. The smallest absolute Gasteiger partial charge is 0.303 e. The van der Waals surface area contributed by atoms with Crippen LogP contribution in [0, 0.1) is 11.3 Å². The number of nitrogens with zero attached hydrogens (tertiary/aromatic N) is 2. The predicted octanol–water partition coefficient (Wildman–Crippen LogP) is 1.63. The van der Waals surface area contributed by atoms with Crippen molar-refractivity contribution in [2.24, 2.45) is 0 Å². The number of benzene rings is 1. The Morgan fingerprint density at radius 3 is 3.05 bits per heavy atom. The van der Waals surface area contributed by atoms with Crippen LogP contribution in [0.1, 0.15) is 18.4 Å². The summed E-state index contributed by atoms with van der Waals surface area (Å²) in [5, 5.41) is 17.8. The maximum absolute atomic E-state index is 10.6. The molecular formula is C14H16N2O3. The van der Waals surface area contributed by atoms with Gasteiger partial charge in [-0.3, -0.25) is 4.79 Å². The Morgan fingerprint density at radius 1 is 1.53 bits per heavy atom. The zero-order valence-corrected chi connectivity index (χ0v) is 10.6. The fraction of sp³-hybridized carbons (Fsp3) is 0.429. The molecule has 1 fully saturated rings. The third kappa shape index (κ3) is 3.46. The van der Waals surface area contributed by atoms with Gasteiger partial charge in [0.2, 0.25) is 0 Å². The van der Waals surface area contributed by atoms with E-state index >= 15 is 0 Å². The Morgan fingerprint density at radius 2 is 2.32 bits per heavy atom. The number of anilines is 1. The number of carboxylic acid groups (broad SMARTS) is 1. The summed E-state index contributed by atoms with van der Waals surface area (Å²) in [6.45, 7) is 1.91. The van der Waals surface area contributed by atoms with Crippen molar-refractivity contribution in [1.82, 2.24) is 0 Å². The topological polar surface area (TPSA) is 73.6 Å². The summed E-state index contributed by atoms with van der Waals surface area (Å²) in [6.07, 6.45) is 0.524. The van der Waals surface area contributed by atoms with E-state index in [4.69, 9.17) is 15.1 Å². The van der Waals surface area contributed by atoms with Gasteiger partial charge in [-0.1, -0.05) is 12.1 Å². The highest BCUT2D eigenvalue weighted by Crippen LogP contribution is 2.23. The highest BCUT2D eigenvalue weighted by atomic mass is 16.5. The van der Waals surface area contributed by atoms with E-state index in [2.05, 4.69) is 11.0 Å². The molecular weight excluding hydrogens is 244 g/mol. The van der Waals surface area contributed by atoms with Crippen LogP contribution in [0.25, 0.3) is 0 Å². The fourth-order valence-electron chi connectivity index (χ4n) is 2.24. The average molecular weight is 260 g/mol. The van der Waals surface area contributed by atoms with Gasteiger partial charge in [-0.15, -0.1) is 0 Å².